The van der Waals surface area contributed by atoms with Crippen LogP contribution in [0.2, 0.25) is 0 Å². The summed E-state index contributed by atoms with van der Waals surface area (Å²) >= 11 is 0. The molecule has 0 radical (unpaired) electrons. The van der Waals surface area contributed by atoms with Crippen LogP contribution in [0.5, 0.6) is 0 Å². The molecule has 0 saturated heterocycles. The fourth-order valence-corrected chi connectivity index (χ4v) is 1.09. The van der Waals surface area contributed by atoms with Crippen molar-refractivity contribution in [2.45, 2.75) is 26.4 Å². The molecule has 1 amide bonds. The molecule has 0 bridgehead atoms. The molecule has 1 aromatic heterocycles. The Morgan fingerprint density at radius 3 is 2.75 bits per heavy atom. The van der Waals surface area contributed by atoms with Gasteiger partial charge in [0.1, 0.15) is 5.60 Å². The lowest BCUT2D eigenvalue weighted by atomic mass is 10.2. The van der Waals surface area contributed by atoms with Gasteiger partial charge in [-0.15, -0.1) is 6.42 Å². The van der Waals surface area contributed by atoms with Crippen LogP contribution in [0.1, 0.15) is 26.3 Å². The van der Waals surface area contributed by atoms with Gasteiger partial charge in [-0.2, -0.15) is 5.10 Å². The van der Waals surface area contributed by atoms with E-state index in [-0.39, 0.29) is 0 Å². The molecule has 0 aliphatic rings. The number of aromatic nitrogens is 2. The minimum Gasteiger partial charge on any atom is -0.444 e. The van der Waals surface area contributed by atoms with Crippen LogP contribution in [0.25, 0.3) is 0 Å². The smallest absolute Gasteiger partial charge is 0.413 e. The van der Waals surface area contributed by atoms with E-state index in [1.807, 2.05) is 0 Å². The first-order valence-electron chi connectivity index (χ1n) is 4.82. The molecule has 0 saturated carbocycles. The fraction of sp³-hybridized carbons (Fsp3) is 0.455. The summed E-state index contributed by atoms with van der Waals surface area (Å²) in [7, 11) is 1.72. The first-order valence-corrected chi connectivity index (χ1v) is 4.82. The number of nitrogens with zero attached hydrogens (tertiary/aromatic N) is 2. The summed E-state index contributed by atoms with van der Waals surface area (Å²) in [4.78, 5) is 11.5. The lowest BCUT2D eigenvalue weighted by Crippen LogP contribution is -2.27. The van der Waals surface area contributed by atoms with Gasteiger partial charge in [0.25, 0.3) is 0 Å². The van der Waals surface area contributed by atoms with Crippen molar-refractivity contribution in [1.82, 2.24) is 9.78 Å². The molecule has 16 heavy (non-hydrogen) atoms. The number of anilines is 1. The van der Waals surface area contributed by atoms with Crippen molar-refractivity contribution < 1.29 is 9.53 Å². The lowest BCUT2D eigenvalue weighted by molar-refractivity contribution is 0.0635. The van der Waals surface area contributed by atoms with Gasteiger partial charge in [0.05, 0.1) is 5.56 Å². The van der Waals surface area contributed by atoms with E-state index in [0.717, 1.165) is 0 Å². The number of carbonyl (C=O) groups excluding carboxylic acids is 1. The molecule has 5 heteroatoms. The maximum Gasteiger partial charge on any atom is 0.413 e. The number of hydrogen-bond donors (Lipinski definition) is 1. The number of aryl methyl sites for hydroxylation is 1. The first-order chi connectivity index (χ1) is 7.31. The third-order valence-electron chi connectivity index (χ3n) is 1.60. The van der Waals surface area contributed by atoms with E-state index < -0.39 is 11.7 Å². The van der Waals surface area contributed by atoms with Gasteiger partial charge < -0.3 is 4.74 Å². The minimum absolute atomic E-state index is 0.333. The molecule has 0 unspecified atom stereocenters. The van der Waals surface area contributed by atoms with Crippen LogP contribution < -0.4 is 5.32 Å². The zero-order valence-corrected chi connectivity index (χ0v) is 9.87. The summed E-state index contributed by atoms with van der Waals surface area (Å²) in [5.74, 6) is 2.76. The topological polar surface area (TPSA) is 56.2 Å². The maximum atomic E-state index is 11.5. The van der Waals surface area contributed by atoms with Gasteiger partial charge in [0.15, 0.2) is 5.82 Å². The molecule has 86 valence electrons. The summed E-state index contributed by atoms with van der Waals surface area (Å²) < 4.78 is 6.61. The second-order valence-corrected chi connectivity index (χ2v) is 4.34. The first kappa shape index (κ1) is 12.1. The molecule has 0 fully saturated rings. The van der Waals surface area contributed by atoms with E-state index in [4.69, 9.17) is 11.2 Å². The standard InChI is InChI=1S/C11H15N3O2/c1-6-8-7-14(5)13-9(8)12-10(15)16-11(2,3)4/h1,7H,2-5H3,(H,12,13,15). The molecular weight excluding hydrogens is 206 g/mol. The van der Waals surface area contributed by atoms with Gasteiger partial charge in [0, 0.05) is 13.2 Å². The summed E-state index contributed by atoms with van der Waals surface area (Å²) in [6.45, 7) is 5.35. The number of carbonyl (C=O) groups is 1. The van der Waals surface area contributed by atoms with Gasteiger partial charge in [-0.05, 0) is 20.8 Å². The van der Waals surface area contributed by atoms with Crippen LogP contribution in [0, 0.1) is 12.3 Å². The predicted molar refractivity (Wildman–Crippen MR) is 61.0 cm³/mol. The third kappa shape index (κ3) is 3.31. The van der Waals surface area contributed by atoms with Crippen molar-refractivity contribution in [2.24, 2.45) is 7.05 Å². The maximum absolute atomic E-state index is 11.5. The summed E-state index contributed by atoms with van der Waals surface area (Å²) in [5.41, 5.74) is -0.0248. The highest BCUT2D eigenvalue weighted by Crippen LogP contribution is 2.13. The second kappa shape index (κ2) is 4.27. The normalized spacial score (nSPS) is 10.7. The van der Waals surface area contributed by atoms with Crippen molar-refractivity contribution in [1.29, 1.82) is 0 Å². The molecule has 1 rings (SSSR count). The van der Waals surface area contributed by atoms with Crippen molar-refractivity contribution in [3.63, 3.8) is 0 Å². The Bertz CT molecular complexity index is 435. The van der Waals surface area contributed by atoms with Crippen LogP contribution in [-0.2, 0) is 11.8 Å². The minimum atomic E-state index is -0.567. The van der Waals surface area contributed by atoms with Gasteiger partial charge in [-0.1, -0.05) is 5.92 Å². The number of ether oxygens (including phenoxy) is 1. The lowest BCUT2D eigenvalue weighted by Gasteiger charge is -2.19. The molecular formula is C11H15N3O2. The van der Waals surface area contributed by atoms with Crippen LogP contribution >= 0.6 is 0 Å². The quantitative estimate of drug-likeness (QED) is 0.735. The molecule has 0 aliphatic carbocycles. The van der Waals surface area contributed by atoms with Gasteiger partial charge in [0.2, 0.25) is 0 Å². The van der Waals surface area contributed by atoms with Crippen LogP contribution in [0.3, 0.4) is 0 Å². The Morgan fingerprint density at radius 1 is 1.62 bits per heavy atom. The molecule has 0 aromatic carbocycles. The van der Waals surface area contributed by atoms with E-state index in [9.17, 15) is 4.79 Å². The van der Waals surface area contributed by atoms with Crippen LogP contribution in [0.15, 0.2) is 6.20 Å². The summed E-state index contributed by atoms with van der Waals surface area (Å²) in [6, 6.07) is 0. The molecule has 1 N–H and O–H groups in total. The molecule has 0 aliphatic heterocycles. The third-order valence-corrected chi connectivity index (χ3v) is 1.60. The Labute approximate surface area is 94.8 Å². The number of nitrogens with one attached hydrogen (secondary N) is 1. The zero-order valence-electron chi connectivity index (χ0n) is 9.87. The van der Waals surface area contributed by atoms with E-state index in [0.29, 0.717) is 11.4 Å². The zero-order chi connectivity index (χ0) is 12.3. The van der Waals surface area contributed by atoms with E-state index in [1.54, 1.807) is 34.0 Å². The van der Waals surface area contributed by atoms with Crippen molar-refractivity contribution in [2.75, 3.05) is 5.32 Å². The number of rotatable bonds is 1. The number of amides is 1. The molecule has 5 nitrogen and oxygen atoms in total. The molecule has 0 spiro atoms. The second-order valence-electron chi connectivity index (χ2n) is 4.34. The largest absolute Gasteiger partial charge is 0.444 e. The highest BCUT2D eigenvalue weighted by molar-refractivity contribution is 5.85. The van der Waals surface area contributed by atoms with Gasteiger partial charge >= 0.3 is 6.09 Å². The number of terminal acetylenes is 1. The summed E-state index contributed by atoms with van der Waals surface area (Å²) in [6.07, 6.45) is 6.35. The highest BCUT2D eigenvalue weighted by Gasteiger charge is 2.18. The van der Waals surface area contributed by atoms with Crippen molar-refractivity contribution >= 4 is 11.9 Å². The Morgan fingerprint density at radius 2 is 2.25 bits per heavy atom. The fourth-order valence-electron chi connectivity index (χ4n) is 1.09. The highest BCUT2D eigenvalue weighted by atomic mass is 16.6. The Kier molecular flexibility index (Phi) is 3.23. The van der Waals surface area contributed by atoms with Crippen LogP contribution in [0.4, 0.5) is 10.6 Å². The molecule has 0 atom stereocenters. The average Bonchev–Trinajstić information content (AvgIpc) is 2.42. The van der Waals surface area contributed by atoms with E-state index in [2.05, 4.69) is 16.3 Å². The molecule has 1 aromatic rings. The van der Waals surface area contributed by atoms with Gasteiger partial charge in [-0.3, -0.25) is 10.00 Å². The average molecular weight is 221 g/mol. The number of hydrogen-bond acceptors (Lipinski definition) is 3. The summed E-state index contributed by atoms with van der Waals surface area (Å²) in [5, 5.41) is 6.52. The molecule has 1 heterocycles. The van der Waals surface area contributed by atoms with Gasteiger partial charge in [-0.25, -0.2) is 4.79 Å². The predicted octanol–water partition coefficient (Wildman–Crippen LogP) is 1.75. The van der Waals surface area contributed by atoms with E-state index in [1.165, 1.54) is 4.68 Å². The monoisotopic (exact) mass is 221 g/mol. The van der Waals surface area contributed by atoms with Crippen molar-refractivity contribution in [3.8, 4) is 12.3 Å². The Balaban J connectivity index is 2.74. The SMILES string of the molecule is C#Cc1cn(C)nc1NC(=O)OC(C)(C)C. The van der Waals surface area contributed by atoms with E-state index >= 15 is 0 Å². The van der Waals surface area contributed by atoms with Crippen molar-refractivity contribution in [3.05, 3.63) is 11.8 Å². The Hall–Kier alpha value is -1.96. The van der Waals surface area contributed by atoms with Crippen LogP contribution in [-0.4, -0.2) is 21.5 Å².